The summed E-state index contributed by atoms with van der Waals surface area (Å²) in [6.45, 7) is 7.38. The third-order valence-electron chi connectivity index (χ3n) is 3.93. The lowest BCUT2D eigenvalue weighted by atomic mass is 10.1. The molecule has 1 aromatic rings. The summed E-state index contributed by atoms with van der Waals surface area (Å²) in [5.41, 5.74) is 1.19. The molecule has 0 amide bonds. The van der Waals surface area contributed by atoms with Gasteiger partial charge in [0.1, 0.15) is 11.5 Å². The second kappa shape index (κ2) is 11.4. The van der Waals surface area contributed by atoms with Crippen LogP contribution in [0, 0.1) is 0 Å². The second-order valence-corrected chi connectivity index (χ2v) is 5.86. The Balaban J connectivity index is 0.00000264. The number of ether oxygens (including phenoxy) is 2. The van der Waals surface area contributed by atoms with Gasteiger partial charge in [0.05, 0.1) is 19.8 Å². The Bertz CT molecular complexity index is 444. The Morgan fingerprint density at radius 1 is 1.17 bits per heavy atom. The van der Waals surface area contributed by atoms with Gasteiger partial charge in [0, 0.05) is 19.5 Å². The third-order valence-corrected chi connectivity index (χ3v) is 3.93. The molecular formula is C18H28ClNO3. The Morgan fingerprint density at radius 3 is 2.52 bits per heavy atom. The summed E-state index contributed by atoms with van der Waals surface area (Å²) in [4.78, 5) is 13.4. The molecule has 0 atom stereocenters. The molecule has 1 aromatic carbocycles. The Hall–Kier alpha value is -1.10. The lowest BCUT2D eigenvalue weighted by Crippen LogP contribution is -2.36. The summed E-state index contributed by atoms with van der Waals surface area (Å²) in [5.74, 6) is 1.15. The summed E-state index contributed by atoms with van der Waals surface area (Å²) in [6.07, 6.45) is 3.66. The molecule has 0 spiro atoms. The minimum absolute atomic E-state index is 0. The van der Waals surface area contributed by atoms with Gasteiger partial charge in [-0.25, -0.2) is 0 Å². The van der Waals surface area contributed by atoms with Crippen molar-refractivity contribution in [1.82, 2.24) is 4.90 Å². The van der Waals surface area contributed by atoms with E-state index in [0.29, 0.717) is 6.42 Å². The Labute approximate surface area is 145 Å². The minimum Gasteiger partial charge on any atom is -0.494 e. The monoisotopic (exact) mass is 341 g/mol. The van der Waals surface area contributed by atoms with Crippen molar-refractivity contribution in [2.75, 3.05) is 39.5 Å². The summed E-state index contributed by atoms with van der Waals surface area (Å²) >= 11 is 0. The number of unbranched alkanes of at least 4 members (excludes halogenated alkanes) is 1. The highest BCUT2D eigenvalue weighted by molar-refractivity contribution is 5.85. The van der Waals surface area contributed by atoms with Gasteiger partial charge < -0.3 is 14.3 Å². The van der Waals surface area contributed by atoms with Gasteiger partial charge in [0.2, 0.25) is 0 Å². The van der Waals surface area contributed by atoms with E-state index in [0.717, 1.165) is 64.5 Å². The molecule has 0 bridgehead atoms. The number of morpholine rings is 1. The molecule has 0 radical (unpaired) electrons. The smallest absolute Gasteiger partial charge is 0.130 e. The van der Waals surface area contributed by atoms with Crippen LogP contribution in [0.4, 0.5) is 0 Å². The lowest BCUT2D eigenvalue weighted by Gasteiger charge is -2.26. The molecule has 1 saturated heterocycles. The predicted molar refractivity (Wildman–Crippen MR) is 94.7 cm³/mol. The predicted octanol–water partition coefficient (Wildman–Crippen LogP) is 3.12. The number of rotatable bonds is 9. The maximum atomic E-state index is 11.0. The van der Waals surface area contributed by atoms with Crippen LogP contribution < -0.4 is 4.74 Å². The van der Waals surface area contributed by atoms with Crippen LogP contribution >= 0.6 is 12.4 Å². The van der Waals surface area contributed by atoms with Gasteiger partial charge in [0.25, 0.3) is 0 Å². The van der Waals surface area contributed by atoms with Gasteiger partial charge in [-0.3, -0.25) is 4.90 Å². The quantitative estimate of drug-likeness (QED) is 0.647. The number of carbonyl (C=O) groups excluding carboxylic acids is 1. The van der Waals surface area contributed by atoms with E-state index < -0.39 is 0 Å². The van der Waals surface area contributed by atoms with Crippen molar-refractivity contribution in [3.63, 3.8) is 0 Å². The average Bonchev–Trinajstić information content (AvgIpc) is 2.54. The van der Waals surface area contributed by atoms with Gasteiger partial charge >= 0.3 is 0 Å². The topological polar surface area (TPSA) is 38.8 Å². The van der Waals surface area contributed by atoms with Crippen molar-refractivity contribution < 1.29 is 14.3 Å². The van der Waals surface area contributed by atoms with Crippen molar-refractivity contribution in [2.24, 2.45) is 0 Å². The molecule has 0 N–H and O–H groups in total. The minimum atomic E-state index is 0. The first-order valence-corrected chi connectivity index (χ1v) is 8.25. The third kappa shape index (κ3) is 8.35. The van der Waals surface area contributed by atoms with E-state index >= 15 is 0 Å². The second-order valence-electron chi connectivity index (χ2n) is 5.86. The maximum Gasteiger partial charge on any atom is 0.130 e. The molecule has 0 unspecified atom stereocenters. The van der Waals surface area contributed by atoms with Crippen LogP contribution in [-0.4, -0.2) is 50.1 Å². The zero-order valence-electron chi connectivity index (χ0n) is 14.0. The normalized spacial score (nSPS) is 15.0. The number of halogens is 1. The zero-order valence-corrected chi connectivity index (χ0v) is 14.8. The number of aryl methyl sites for hydroxylation is 1. The van der Waals surface area contributed by atoms with Crippen molar-refractivity contribution in [2.45, 2.75) is 32.6 Å². The molecule has 1 aliphatic rings. The first-order chi connectivity index (χ1) is 10.7. The van der Waals surface area contributed by atoms with Crippen LogP contribution in [-0.2, 0) is 16.0 Å². The van der Waals surface area contributed by atoms with Gasteiger partial charge in [-0.15, -0.1) is 12.4 Å². The molecule has 2 rings (SSSR count). The molecule has 1 aliphatic heterocycles. The molecule has 0 aromatic heterocycles. The van der Waals surface area contributed by atoms with Crippen LogP contribution in [0.1, 0.15) is 31.7 Å². The fourth-order valence-corrected chi connectivity index (χ4v) is 2.52. The van der Waals surface area contributed by atoms with Gasteiger partial charge in [-0.2, -0.15) is 0 Å². The van der Waals surface area contributed by atoms with Gasteiger partial charge in [-0.05, 0) is 50.4 Å². The number of ketones is 1. The average molecular weight is 342 g/mol. The van der Waals surface area contributed by atoms with Crippen molar-refractivity contribution in [3.05, 3.63) is 29.8 Å². The van der Waals surface area contributed by atoms with E-state index in [9.17, 15) is 4.79 Å². The molecule has 130 valence electrons. The van der Waals surface area contributed by atoms with Crippen molar-refractivity contribution in [1.29, 1.82) is 0 Å². The van der Waals surface area contributed by atoms with E-state index in [-0.39, 0.29) is 18.2 Å². The zero-order chi connectivity index (χ0) is 15.6. The number of carbonyl (C=O) groups is 1. The summed E-state index contributed by atoms with van der Waals surface area (Å²) in [7, 11) is 0. The highest BCUT2D eigenvalue weighted by atomic mass is 35.5. The molecule has 0 aliphatic carbocycles. The SMILES string of the molecule is CC(=O)CCc1ccc(OCCCCN2CCOCC2)cc1.Cl. The van der Waals surface area contributed by atoms with Crippen LogP contribution in [0.5, 0.6) is 5.75 Å². The van der Waals surface area contributed by atoms with Crippen LogP contribution in [0.15, 0.2) is 24.3 Å². The van der Waals surface area contributed by atoms with Gasteiger partial charge in [-0.1, -0.05) is 12.1 Å². The molecule has 1 heterocycles. The highest BCUT2D eigenvalue weighted by Crippen LogP contribution is 2.14. The fourth-order valence-electron chi connectivity index (χ4n) is 2.52. The summed E-state index contributed by atoms with van der Waals surface area (Å²) in [5, 5.41) is 0. The van der Waals surface area contributed by atoms with E-state index in [4.69, 9.17) is 9.47 Å². The largest absolute Gasteiger partial charge is 0.494 e. The van der Waals surface area contributed by atoms with Crippen LogP contribution in [0.3, 0.4) is 0 Å². The van der Waals surface area contributed by atoms with E-state index in [1.165, 1.54) is 5.56 Å². The first kappa shape index (κ1) is 19.9. The maximum absolute atomic E-state index is 11.0. The number of nitrogens with zero attached hydrogens (tertiary/aromatic N) is 1. The highest BCUT2D eigenvalue weighted by Gasteiger charge is 2.09. The number of hydrogen-bond donors (Lipinski definition) is 0. The van der Waals surface area contributed by atoms with E-state index in [2.05, 4.69) is 4.90 Å². The van der Waals surface area contributed by atoms with Crippen LogP contribution in [0.25, 0.3) is 0 Å². The standard InChI is InChI=1S/C18H27NO3.ClH/c1-16(20)4-5-17-6-8-18(9-7-17)22-13-3-2-10-19-11-14-21-15-12-19;/h6-9H,2-5,10-15H2,1H3;1H. The van der Waals surface area contributed by atoms with Gasteiger partial charge in [0.15, 0.2) is 0 Å². The van der Waals surface area contributed by atoms with Crippen molar-refractivity contribution in [3.8, 4) is 5.75 Å². The lowest BCUT2D eigenvalue weighted by molar-refractivity contribution is -0.116. The molecule has 1 fully saturated rings. The summed E-state index contributed by atoms with van der Waals surface area (Å²) < 4.78 is 11.1. The molecule has 5 heteroatoms. The van der Waals surface area contributed by atoms with Crippen molar-refractivity contribution >= 4 is 18.2 Å². The molecule has 4 nitrogen and oxygen atoms in total. The molecule has 23 heavy (non-hydrogen) atoms. The Morgan fingerprint density at radius 2 is 1.87 bits per heavy atom. The van der Waals surface area contributed by atoms with E-state index in [1.807, 2.05) is 24.3 Å². The number of hydrogen-bond acceptors (Lipinski definition) is 4. The molecule has 0 saturated carbocycles. The fraction of sp³-hybridized carbons (Fsp3) is 0.611. The first-order valence-electron chi connectivity index (χ1n) is 8.25. The van der Waals surface area contributed by atoms with Crippen LogP contribution in [0.2, 0.25) is 0 Å². The molecular weight excluding hydrogens is 314 g/mol. The van der Waals surface area contributed by atoms with E-state index in [1.54, 1.807) is 6.92 Å². The number of Topliss-reactive ketones (excluding diaryl/α,β-unsaturated/α-hetero) is 1. The Kier molecular flexibility index (Phi) is 9.92. The number of benzene rings is 1. The summed E-state index contributed by atoms with van der Waals surface area (Å²) in [6, 6.07) is 8.09.